The van der Waals surface area contributed by atoms with Crippen molar-refractivity contribution in [3.05, 3.63) is 68.7 Å². The summed E-state index contributed by atoms with van der Waals surface area (Å²) in [5.41, 5.74) is 8.15. The van der Waals surface area contributed by atoms with Crippen LogP contribution in [0.5, 0.6) is 0 Å². The fourth-order valence-electron chi connectivity index (χ4n) is 1.74. The molecule has 2 rings (SSSR count). The van der Waals surface area contributed by atoms with Gasteiger partial charge in [0, 0.05) is 22.6 Å². The third-order valence-corrected chi connectivity index (χ3v) is 3.81. The topological polar surface area (TPSA) is 55.1 Å². The predicted molar refractivity (Wildman–Crippen MR) is 84.7 cm³/mol. The van der Waals surface area contributed by atoms with Gasteiger partial charge in [0.25, 0.3) is 5.91 Å². The van der Waals surface area contributed by atoms with Crippen molar-refractivity contribution in [3.63, 3.8) is 0 Å². The Morgan fingerprint density at radius 2 is 1.80 bits per heavy atom. The fraction of sp³-hybridized carbons (Fsp3) is 0.133. The number of benzene rings is 2. The Hall–Kier alpha value is -1.36. The molecule has 0 fully saturated rings. The predicted octanol–water partition coefficient (Wildman–Crippen LogP) is 3.49. The third-order valence-electron chi connectivity index (χ3n) is 2.88. The molecule has 0 aromatic heterocycles. The second-order valence-corrected chi connectivity index (χ2v) is 5.62. The smallest absolute Gasteiger partial charge is 0.252 e. The van der Waals surface area contributed by atoms with E-state index in [1.807, 2.05) is 24.3 Å². The molecule has 0 saturated carbocycles. The van der Waals surface area contributed by atoms with Crippen LogP contribution in [0.3, 0.4) is 0 Å². The first-order valence-electron chi connectivity index (χ1n) is 6.11. The van der Waals surface area contributed by atoms with Gasteiger partial charge in [0.05, 0.1) is 5.56 Å². The lowest BCUT2D eigenvalue weighted by Gasteiger charge is -2.08. The highest BCUT2D eigenvalue weighted by atomic mass is 79.9. The lowest BCUT2D eigenvalue weighted by molar-refractivity contribution is 0.0950. The molecule has 0 aliphatic carbocycles. The average molecular weight is 354 g/mol. The summed E-state index contributed by atoms with van der Waals surface area (Å²) in [6.07, 6.45) is 0. The van der Waals surface area contributed by atoms with E-state index in [0.29, 0.717) is 23.7 Å². The monoisotopic (exact) mass is 352 g/mol. The first kappa shape index (κ1) is 15.0. The van der Waals surface area contributed by atoms with Crippen LogP contribution >= 0.6 is 27.5 Å². The maximum atomic E-state index is 12.1. The largest absolute Gasteiger partial charge is 0.348 e. The van der Waals surface area contributed by atoms with Crippen LogP contribution in [-0.2, 0) is 13.1 Å². The summed E-state index contributed by atoms with van der Waals surface area (Å²) in [7, 11) is 0. The van der Waals surface area contributed by atoms with Gasteiger partial charge in [-0.1, -0.05) is 35.9 Å². The van der Waals surface area contributed by atoms with E-state index in [1.165, 1.54) is 0 Å². The van der Waals surface area contributed by atoms with E-state index >= 15 is 0 Å². The van der Waals surface area contributed by atoms with E-state index in [2.05, 4.69) is 21.2 Å². The van der Waals surface area contributed by atoms with Gasteiger partial charge in [-0.15, -0.1) is 0 Å². The first-order valence-corrected chi connectivity index (χ1v) is 7.28. The van der Waals surface area contributed by atoms with Gasteiger partial charge in [-0.3, -0.25) is 4.79 Å². The normalized spacial score (nSPS) is 10.3. The lowest BCUT2D eigenvalue weighted by atomic mass is 10.1. The molecule has 104 valence electrons. The zero-order chi connectivity index (χ0) is 14.5. The van der Waals surface area contributed by atoms with E-state index in [1.54, 1.807) is 18.2 Å². The van der Waals surface area contributed by atoms with Gasteiger partial charge >= 0.3 is 0 Å². The Morgan fingerprint density at radius 3 is 2.45 bits per heavy atom. The number of rotatable bonds is 4. The number of hydrogen-bond donors (Lipinski definition) is 2. The average Bonchev–Trinajstić information content (AvgIpc) is 2.47. The number of halogens is 2. The van der Waals surface area contributed by atoms with Gasteiger partial charge in [-0.05, 0) is 45.3 Å². The zero-order valence-electron chi connectivity index (χ0n) is 10.7. The van der Waals surface area contributed by atoms with Crippen LogP contribution in [0.1, 0.15) is 21.5 Å². The van der Waals surface area contributed by atoms with Gasteiger partial charge < -0.3 is 11.1 Å². The molecule has 0 atom stereocenters. The molecule has 3 nitrogen and oxygen atoms in total. The Balaban J connectivity index is 2.02. The summed E-state index contributed by atoms with van der Waals surface area (Å²) in [5.74, 6) is -0.165. The quantitative estimate of drug-likeness (QED) is 0.884. The highest BCUT2D eigenvalue weighted by Gasteiger charge is 2.10. The molecule has 3 N–H and O–H groups in total. The summed E-state index contributed by atoms with van der Waals surface area (Å²) in [6, 6.07) is 12.9. The van der Waals surface area contributed by atoms with Crippen LogP contribution in [-0.4, -0.2) is 5.91 Å². The summed E-state index contributed by atoms with van der Waals surface area (Å²) in [4.78, 5) is 12.1. The van der Waals surface area contributed by atoms with Crippen LogP contribution in [0, 0.1) is 0 Å². The second-order valence-electron chi connectivity index (χ2n) is 4.33. The Bertz CT molecular complexity index is 614. The maximum absolute atomic E-state index is 12.1. The van der Waals surface area contributed by atoms with Crippen molar-refractivity contribution in [2.24, 2.45) is 5.73 Å². The summed E-state index contributed by atoms with van der Waals surface area (Å²) >= 11 is 9.24. The number of hydrogen-bond acceptors (Lipinski definition) is 2. The van der Waals surface area contributed by atoms with E-state index in [0.717, 1.165) is 15.6 Å². The van der Waals surface area contributed by atoms with Crippen LogP contribution in [0.4, 0.5) is 0 Å². The van der Waals surface area contributed by atoms with Gasteiger partial charge in [-0.2, -0.15) is 0 Å². The second kappa shape index (κ2) is 6.88. The highest BCUT2D eigenvalue weighted by molar-refractivity contribution is 9.10. The minimum absolute atomic E-state index is 0.165. The Labute approximate surface area is 131 Å². The number of carbonyl (C=O) groups is 1. The lowest BCUT2D eigenvalue weighted by Crippen LogP contribution is -2.23. The molecule has 0 saturated heterocycles. The molecule has 0 aliphatic rings. The molecule has 5 heteroatoms. The van der Waals surface area contributed by atoms with Crippen LogP contribution < -0.4 is 11.1 Å². The minimum atomic E-state index is -0.165. The zero-order valence-corrected chi connectivity index (χ0v) is 13.0. The molecule has 0 spiro atoms. The van der Waals surface area contributed by atoms with Crippen LogP contribution in [0.2, 0.25) is 5.02 Å². The fourth-order valence-corrected chi connectivity index (χ4v) is 2.34. The molecule has 2 aromatic rings. The van der Waals surface area contributed by atoms with Crippen molar-refractivity contribution in [2.75, 3.05) is 0 Å². The molecule has 0 heterocycles. The molecule has 0 radical (unpaired) electrons. The van der Waals surface area contributed by atoms with Crippen LogP contribution in [0.15, 0.2) is 46.9 Å². The summed E-state index contributed by atoms with van der Waals surface area (Å²) in [5, 5.41) is 3.39. The molecule has 2 aromatic carbocycles. The summed E-state index contributed by atoms with van der Waals surface area (Å²) < 4.78 is 0.720. The molecular weight excluding hydrogens is 340 g/mol. The molecular formula is C15H14BrClN2O. The van der Waals surface area contributed by atoms with E-state index in [9.17, 15) is 4.79 Å². The molecule has 0 bridgehead atoms. The summed E-state index contributed by atoms with van der Waals surface area (Å²) in [6.45, 7) is 0.977. The number of carbonyl (C=O) groups excluding carboxylic acids is 1. The highest BCUT2D eigenvalue weighted by Crippen LogP contribution is 2.21. The molecule has 1 amide bonds. The molecule has 0 aliphatic heterocycles. The Kier molecular flexibility index (Phi) is 5.17. The number of nitrogens with one attached hydrogen (secondary N) is 1. The van der Waals surface area contributed by atoms with E-state index in [4.69, 9.17) is 17.3 Å². The van der Waals surface area contributed by atoms with Gasteiger partial charge in [-0.25, -0.2) is 0 Å². The minimum Gasteiger partial charge on any atom is -0.348 e. The van der Waals surface area contributed by atoms with Crippen molar-refractivity contribution >= 4 is 33.4 Å². The van der Waals surface area contributed by atoms with Crippen molar-refractivity contribution in [3.8, 4) is 0 Å². The van der Waals surface area contributed by atoms with Crippen molar-refractivity contribution in [2.45, 2.75) is 13.1 Å². The van der Waals surface area contributed by atoms with Gasteiger partial charge in [0.2, 0.25) is 0 Å². The molecule has 0 unspecified atom stereocenters. The van der Waals surface area contributed by atoms with Crippen molar-refractivity contribution in [1.29, 1.82) is 0 Å². The molecule has 20 heavy (non-hydrogen) atoms. The van der Waals surface area contributed by atoms with E-state index in [-0.39, 0.29) is 5.91 Å². The first-order chi connectivity index (χ1) is 9.60. The number of amides is 1. The third kappa shape index (κ3) is 3.82. The van der Waals surface area contributed by atoms with Gasteiger partial charge in [0.1, 0.15) is 0 Å². The standard InChI is InChI=1S/C15H14BrClN2O/c16-14-6-5-12(17)7-13(14)15(20)19-9-11-3-1-10(8-18)2-4-11/h1-7H,8-9,18H2,(H,19,20). The maximum Gasteiger partial charge on any atom is 0.252 e. The number of nitrogens with two attached hydrogens (primary N) is 1. The SMILES string of the molecule is NCc1ccc(CNC(=O)c2cc(Cl)ccc2Br)cc1. The van der Waals surface area contributed by atoms with Crippen molar-refractivity contribution in [1.82, 2.24) is 5.32 Å². The van der Waals surface area contributed by atoms with E-state index < -0.39 is 0 Å². The van der Waals surface area contributed by atoms with Gasteiger partial charge in [0.15, 0.2) is 0 Å². The Morgan fingerprint density at radius 1 is 1.15 bits per heavy atom. The van der Waals surface area contributed by atoms with Crippen molar-refractivity contribution < 1.29 is 4.79 Å². The van der Waals surface area contributed by atoms with Crippen LogP contribution in [0.25, 0.3) is 0 Å².